The van der Waals surface area contributed by atoms with Crippen LogP contribution in [0.5, 0.6) is 0 Å². The average Bonchev–Trinajstić information content (AvgIpc) is 2.89. The highest BCUT2D eigenvalue weighted by Crippen LogP contribution is 2.25. The van der Waals surface area contributed by atoms with E-state index in [1.807, 2.05) is 6.92 Å². The van der Waals surface area contributed by atoms with Gasteiger partial charge in [-0.2, -0.15) is 0 Å². The number of nitrogens with zero attached hydrogens (tertiary/aromatic N) is 3. The number of sulfonamides is 1. The molecule has 2 rings (SSSR count). The lowest BCUT2D eigenvalue weighted by atomic mass is 10.4. The van der Waals surface area contributed by atoms with Crippen LogP contribution in [0, 0.1) is 0 Å². The van der Waals surface area contributed by atoms with Gasteiger partial charge >= 0.3 is 0 Å². The van der Waals surface area contributed by atoms with Gasteiger partial charge in [0.25, 0.3) is 10.0 Å². The maximum Gasteiger partial charge on any atom is 0.266 e. The van der Waals surface area contributed by atoms with Gasteiger partial charge in [0.1, 0.15) is 15.7 Å². The van der Waals surface area contributed by atoms with Gasteiger partial charge in [0.15, 0.2) is 0 Å². The Morgan fingerprint density at radius 3 is 2.85 bits per heavy atom. The molecule has 0 aliphatic rings. The second kappa shape index (κ2) is 6.46. The van der Waals surface area contributed by atoms with Crippen molar-refractivity contribution in [1.82, 2.24) is 14.6 Å². The van der Waals surface area contributed by atoms with Gasteiger partial charge in [-0.05, 0) is 28.4 Å². The predicted molar refractivity (Wildman–Crippen MR) is 81.4 cm³/mol. The van der Waals surface area contributed by atoms with Crippen molar-refractivity contribution in [3.05, 3.63) is 22.9 Å². The third-order valence-electron chi connectivity index (χ3n) is 2.25. The topological polar surface area (TPSA) is 96.9 Å². The SMILES string of the molecule is CCCNc1ncc(Br)cc1S(=O)(=O)Nc1cnns1. The monoisotopic (exact) mass is 377 g/mol. The molecule has 0 aliphatic carbocycles. The second-order valence-electron chi connectivity index (χ2n) is 3.81. The molecule has 10 heteroatoms. The summed E-state index contributed by atoms with van der Waals surface area (Å²) in [6.45, 7) is 2.63. The van der Waals surface area contributed by atoms with Crippen LogP contribution in [0.4, 0.5) is 10.8 Å². The number of nitrogens with one attached hydrogen (secondary N) is 2. The van der Waals surface area contributed by atoms with Gasteiger partial charge in [-0.25, -0.2) is 13.4 Å². The Balaban J connectivity index is 2.36. The third kappa shape index (κ3) is 3.64. The van der Waals surface area contributed by atoms with E-state index in [0.29, 0.717) is 21.8 Å². The summed E-state index contributed by atoms with van der Waals surface area (Å²) in [5, 5.41) is 6.94. The molecule has 0 amide bonds. The van der Waals surface area contributed by atoms with E-state index in [9.17, 15) is 8.42 Å². The van der Waals surface area contributed by atoms with Crippen LogP contribution in [0.1, 0.15) is 13.3 Å². The van der Waals surface area contributed by atoms with Crippen LogP contribution in [0.15, 0.2) is 27.8 Å². The van der Waals surface area contributed by atoms with Crippen LogP contribution in [-0.4, -0.2) is 29.5 Å². The van der Waals surface area contributed by atoms with Crippen molar-refractivity contribution in [3.8, 4) is 0 Å². The average molecular weight is 378 g/mol. The lowest BCUT2D eigenvalue weighted by molar-refractivity contribution is 0.601. The lowest BCUT2D eigenvalue weighted by Crippen LogP contribution is -2.16. The summed E-state index contributed by atoms with van der Waals surface area (Å²) in [5.41, 5.74) is 0. The molecule has 0 atom stereocenters. The van der Waals surface area contributed by atoms with Gasteiger partial charge in [0.05, 0.1) is 6.20 Å². The van der Waals surface area contributed by atoms with Gasteiger partial charge in [-0.3, -0.25) is 4.72 Å². The highest BCUT2D eigenvalue weighted by atomic mass is 79.9. The highest BCUT2D eigenvalue weighted by molar-refractivity contribution is 9.10. The molecule has 2 aromatic rings. The molecule has 2 N–H and O–H groups in total. The van der Waals surface area contributed by atoms with Gasteiger partial charge in [0.2, 0.25) is 0 Å². The smallest absolute Gasteiger partial charge is 0.266 e. The Bertz CT molecular complexity index is 675. The zero-order valence-electron chi connectivity index (χ0n) is 10.5. The molecule has 2 heterocycles. The zero-order chi connectivity index (χ0) is 14.6. The number of halogens is 1. The largest absolute Gasteiger partial charge is 0.369 e. The van der Waals surface area contributed by atoms with Crippen molar-refractivity contribution in [2.24, 2.45) is 0 Å². The maximum atomic E-state index is 12.4. The minimum Gasteiger partial charge on any atom is -0.369 e. The van der Waals surface area contributed by atoms with Crippen molar-refractivity contribution in [2.45, 2.75) is 18.2 Å². The number of rotatable bonds is 6. The third-order valence-corrected chi connectivity index (χ3v) is 4.77. The fraction of sp³-hybridized carbons (Fsp3) is 0.300. The summed E-state index contributed by atoms with van der Waals surface area (Å²) in [4.78, 5) is 4.18. The standard InChI is InChI=1S/C10H12BrN5O2S2/c1-2-3-12-10-8(4-7(11)5-13-10)20(17,18)15-9-6-14-16-19-9/h4-6,15H,2-3H2,1H3,(H,12,13). The highest BCUT2D eigenvalue weighted by Gasteiger charge is 2.21. The van der Waals surface area contributed by atoms with Crippen molar-refractivity contribution in [1.29, 1.82) is 0 Å². The van der Waals surface area contributed by atoms with E-state index in [2.05, 4.69) is 40.5 Å². The first-order chi connectivity index (χ1) is 9.53. The first-order valence-electron chi connectivity index (χ1n) is 5.72. The summed E-state index contributed by atoms with van der Waals surface area (Å²) in [6, 6.07) is 1.50. The zero-order valence-corrected chi connectivity index (χ0v) is 13.7. The molecule has 0 fully saturated rings. The van der Waals surface area contributed by atoms with Crippen molar-refractivity contribution < 1.29 is 8.42 Å². The van der Waals surface area contributed by atoms with Crippen LogP contribution in [0.2, 0.25) is 0 Å². The molecule has 0 bridgehead atoms. The van der Waals surface area contributed by atoms with Gasteiger partial charge in [-0.15, -0.1) is 5.10 Å². The molecular formula is C10H12BrN5O2S2. The van der Waals surface area contributed by atoms with E-state index in [4.69, 9.17) is 0 Å². The molecule has 7 nitrogen and oxygen atoms in total. The summed E-state index contributed by atoms with van der Waals surface area (Å²) >= 11 is 4.20. The fourth-order valence-corrected chi connectivity index (χ4v) is 3.73. The number of hydrogen-bond donors (Lipinski definition) is 2. The first kappa shape index (κ1) is 15.1. The van der Waals surface area contributed by atoms with E-state index in [0.717, 1.165) is 18.0 Å². The van der Waals surface area contributed by atoms with E-state index >= 15 is 0 Å². The van der Waals surface area contributed by atoms with Gasteiger partial charge in [0, 0.05) is 28.7 Å². The molecule has 0 aromatic carbocycles. The van der Waals surface area contributed by atoms with Crippen LogP contribution in [0.3, 0.4) is 0 Å². The summed E-state index contributed by atoms with van der Waals surface area (Å²) in [7, 11) is -3.74. The van der Waals surface area contributed by atoms with Crippen LogP contribution in [0.25, 0.3) is 0 Å². The molecule has 108 valence electrons. The van der Waals surface area contributed by atoms with Crippen LogP contribution in [-0.2, 0) is 10.0 Å². The Kier molecular flexibility index (Phi) is 4.89. The van der Waals surface area contributed by atoms with Crippen molar-refractivity contribution in [2.75, 3.05) is 16.6 Å². The molecular weight excluding hydrogens is 366 g/mol. The molecule has 0 radical (unpaired) electrons. The van der Waals surface area contributed by atoms with Gasteiger partial charge in [-0.1, -0.05) is 11.4 Å². The van der Waals surface area contributed by atoms with Gasteiger partial charge < -0.3 is 5.32 Å². The molecule has 20 heavy (non-hydrogen) atoms. The van der Waals surface area contributed by atoms with E-state index in [-0.39, 0.29) is 4.90 Å². The molecule has 2 aromatic heterocycles. The normalized spacial score (nSPS) is 11.3. The Hall–Kier alpha value is -1.26. The van der Waals surface area contributed by atoms with Crippen molar-refractivity contribution >= 4 is 48.3 Å². The Morgan fingerprint density at radius 1 is 1.40 bits per heavy atom. The maximum absolute atomic E-state index is 12.4. The Morgan fingerprint density at radius 2 is 2.20 bits per heavy atom. The quantitative estimate of drug-likeness (QED) is 0.801. The minimum absolute atomic E-state index is 0.0775. The number of anilines is 2. The first-order valence-corrected chi connectivity index (χ1v) is 8.77. The fourth-order valence-electron chi connectivity index (χ4n) is 1.40. The minimum atomic E-state index is -3.74. The summed E-state index contributed by atoms with van der Waals surface area (Å²) in [5.74, 6) is 0.319. The number of pyridine rings is 1. The molecule has 0 saturated carbocycles. The van der Waals surface area contributed by atoms with Crippen LogP contribution < -0.4 is 10.0 Å². The summed E-state index contributed by atoms with van der Waals surface area (Å²) in [6.07, 6.45) is 3.77. The number of hydrogen-bond acceptors (Lipinski definition) is 7. The Labute approximate surface area is 129 Å². The summed E-state index contributed by atoms with van der Waals surface area (Å²) < 4.78 is 31.4. The van der Waals surface area contributed by atoms with Crippen LogP contribution >= 0.6 is 27.5 Å². The van der Waals surface area contributed by atoms with E-state index in [1.165, 1.54) is 12.3 Å². The number of aromatic nitrogens is 3. The van der Waals surface area contributed by atoms with Crippen molar-refractivity contribution in [3.63, 3.8) is 0 Å². The molecule has 0 saturated heterocycles. The lowest BCUT2D eigenvalue weighted by Gasteiger charge is -2.11. The van der Waals surface area contributed by atoms with E-state index < -0.39 is 10.0 Å². The van der Waals surface area contributed by atoms with E-state index in [1.54, 1.807) is 6.20 Å². The molecule has 0 spiro atoms. The predicted octanol–water partition coefficient (Wildman–Crippen LogP) is 2.32. The molecule has 0 unspecified atom stereocenters. The second-order valence-corrected chi connectivity index (χ2v) is 7.17. The molecule has 0 aliphatic heterocycles.